The van der Waals surface area contributed by atoms with Crippen molar-refractivity contribution in [2.45, 2.75) is 6.42 Å². The van der Waals surface area contributed by atoms with Gasteiger partial charge >= 0.3 is 5.97 Å². The Morgan fingerprint density at radius 3 is 2.94 bits per heavy atom. The summed E-state index contributed by atoms with van der Waals surface area (Å²) < 4.78 is 0. The summed E-state index contributed by atoms with van der Waals surface area (Å²) in [6.45, 7) is 0. The van der Waals surface area contributed by atoms with Crippen LogP contribution in [-0.4, -0.2) is 27.0 Å². The van der Waals surface area contributed by atoms with Crippen molar-refractivity contribution in [3.63, 3.8) is 0 Å². The molecule has 0 radical (unpaired) electrons. The van der Waals surface area contributed by atoms with Gasteiger partial charge in [-0.1, -0.05) is 0 Å². The first-order valence-corrected chi connectivity index (χ1v) is 5.62. The number of nitrogens with one attached hydrogen (secondary N) is 2. The molecule has 0 spiro atoms. The van der Waals surface area contributed by atoms with Gasteiger partial charge in [-0.25, -0.2) is 4.98 Å². The number of imidazole rings is 1. The monoisotopic (exact) mass is 245 g/mol. The van der Waals surface area contributed by atoms with Crippen LogP contribution in [0.5, 0.6) is 0 Å². The first-order valence-electron chi connectivity index (χ1n) is 5.62. The van der Waals surface area contributed by atoms with E-state index in [2.05, 4.69) is 15.3 Å². The van der Waals surface area contributed by atoms with Crippen LogP contribution in [0.2, 0.25) is 0 Å². The topological polar surface area (TPSA) is 95.1 Å². The molecule has 1 aromatic carbocycles. The third-order valence-electron chi connectivity index (χ3n) is 3.13. The second-order valence-electron chi connectivity index (χ2n) is 4.41. The number of hydrogen-bond donors (Lipinski definition) is 3. The number of hydrogen-bond acceptors (Lipinski definition) is 3. The number of carboxylic acids is 1. The number of aliphatic carboxylic acids is 1. The van der Waals surface area contributed by atoms with E-state index in [0.717, 1.165) is 11.0 Å². The van der Waals surface area contributed by atoms with Crippen molar-refractivity contribution in [1.82, 2.24) is 9.97 Å². The van der Waals surface area contributed by atoms with Crippen molar-refractivity contribution in [3.05, 3.63) is 24.5 Å². The minimum Gasteiger partial charge on any atom is -0.481 e. The van der Waals surface area contributed by atoms with Gasteiger partial charge in [0.15, 0.2) is 0 Å². The second-order valence-corrected chi connectivity index (χ2v) is 4.41. The van der Waals surface area contributed by atoms with E-state index in [1.807, 2.05) is 0 Å². The van der Waals surface area contributed by atoms with Gasteiger partial charge < -0.3 is 15.4 Å². The molecule has 1 aromatic heterocycles. The first-order chi connectivity index (χ1) is 8.65. The molecule has 1 aliphatic rings. The van der Waals surface area contributed by atoms with Crippen LogP contribution in [0.4, 0.5) is 5.69 Å². The molecule has 3 rings (SSSR count). The summed E-state index contributed by atoms with van der Waals surface area (Å²) in [6, 6.07) is 5.32. The van der Waals surface area contributed by atoms with E-state index in [-0.39, 0.29) is 5.91 Å². The lowest BCUT2D eigenvalue weighted by molar-refractivity contribution is -0.139. The van der Waals surface area contributed by atoms with Crippen molar-refractivity contribution in [3.8, 4) is 0 Å². The Kier molecular flexibility index (Phi) is 2.29. The van der Waals surface area contributed by atoms with Crippen LogP contribution in [0.1, 0.15) is 6.42 Å². The molecule has 6 heteroatoms. The second kappa shape index (κ2) is 3.83. The van der Waals surface area contributed by atoms with Crippen LogP contribution in [0.3, 0.4) is 0 Å². The standard InChI is InChI=1S/C12H11N3O3/c16-11(7-4-8(7)12(17)18)15-6-1-2-9-10(3-6)14-5-13-9/h1-3,5,7-8H,4H2,(H,13,14)(H,15,16)(H,17,18). The van der Waals surface area contributed by atoms with Crippen molar-refractivity contribution >= 4 is 28.6 Å². The summed E-state index contributed by atoms with van der Waals surface area (Å²) >= 11 is 0. The summed E-state index contributed by atoms with van der Waals surface area (Å²) in [6.07, 6.45) is 2.01. The Balaban J connectivity index is 1.72. The van der Waals surface area contributed by atoms with Crippen molar-refractivity contribution in [2.75, 3.05) is 5.32 Å². The van der Waals surface area contributed by atoms with Crippen molar-refractivity contribution in [1.29, 1.82) is 0 Å². The Morgan fingerprint density at radius 1 is 1.39 bits per heavy atom. The highest BCUT2D eigenvalue weighted by Crippen LogP contribution is 2.39. The summed E-state index contributed by atoms with van der Waals surface area (Å²) in [5, 5.41) is 11.5. The first kappa shape index (κ1) is 10.8. The number of carbonyl (C=O) groups excluding carboxylic acids is 1. The van der Waals surface area contributed by atoms with Crippen LogP contribution in [0.25, 0.3) is 11.0 Å². The molecule has 2 atom stereocenters. The number of nitrogens with zero attached hydrogens (tertiary/aromatic N) is 1. The molecule has 3 N–H and O–H groups in total. The molecule has 6 nitrogen and oxygen atoms in total. The molecule has 1 heterocycles. The summed E-state index contributed by atoms with van der Waals surface area (Å²) in [7, 11) is 0. The highest BCUT2D eigenvalue weighted by molar-refractivity contribution is 5.99. The number of H-pyrrole nitrogens is 1. The number of carboxylic acid groups (broad SMARTS) is 1. The fraction of sp³-hybridized carbons (Fsp3) is 0.250. The van der Waals surface area contributed by atoms with Crippen LogP contribution >= 0.6 is 0 Å². The number of benzene rings is 1. The molecule has 1 fully saturated rings. The minimum absolute atomic E-state index is 0.235. The largest absolute Gasteiger partial charge is 0.481 e. The fourth-order valence-electron chi connectivity index (χ4n) is 2.01. The zero-order valence-corrected chi connectivity index (χ0v) is 9.38. The Bertz CT molecular complexity index is 634. The Morgan fingerprint density at radius 2 is 2.22 bits per heavy atom. The molecule has 1 amide bonds. The van der Waals surface area contributed by atoms with Crippen LogP contribution in [-0.2, 0) is 9.59 Å². The van der Waals surface area contributed by atoms with Crippen LogP contribution in [0.15, 0.2) is 24.5 Å². The number of carbonyl (C=O) groups is 2. The zero-order chi connectivity index (χ0) is 12.7. The van der Waals surface area contributed by atoms with E-state index >= 15 is 0 Å². The van der Waals surface area contributed by atoms with E-state index < -0.39 is 17.8 Å². The van der Waals surface area contributed by atoms with E-state index in [9.17, 15) is 9.59 Å². The van der Waals surface area contributed by atoms with Crippen LogP contribution in [0, 0.1) is 11.8 Å². The highest BCUT2D eigenvalue weighted by Gasteiger charge is 2.48. The van der Waals surface area contributed by atoms with Crippen molar-refractivity contribution in [2.24, 2.45) is 11.8 Å². The van der Waals surface area contributed by atoms with Gasteiger partial charge in [-0.2, -0.15) is 0 Å². The molecule has 0 bridgehead atoms. The van der Waals surface area contributed by atoms with Gasteiger partial charge in [-0.15, -0.1) is 0 Å². The molecular weight excluding hydrogens is 234 g/mol. The lowest BCUT2D eigenvalue weighted by Gasteiger charge is -2.04. The number of anilines is 1. The minimum atomic E-state index is -0.904. The number of fused-ring (bicyclic) bond motifs is 1. The maximum atomic E-state index is 11.8. The third kappa shape index (κ3) is 1.81. The molecule has 1 saturated carbocycles. The molecule has 2 unspecified atom stereocenters. The molecule has 2 aromatic rings. The number of aromatic amines is 1. The summed E-state index contributed by atoms with van der Waals surface area (Å²) in [5.41, 5.74) is 2.30. The average molecular weight is 245 g/mol. The van der Waals surface area contributed by atoms with Gasteiger partial charge in [-0.05, 0) is 24.6 Å². The van der Waals surface area contributed by atoms with Gasteiger partial charge in [-0.3, -0.25) is 9.59 Å². The number of amides is 1. The Hall–Kier alpha value is -2.37. The molecule has 92 valence electrons. The summed E-state index contributed by atoms with van der Waals surface area (Å²) in [5.74, 6) is -2.07. The fourth-order valence-corrected chi connectivity index (χ4v) is 2.01. The highest BCUT2D eigenvalue weighted by atomic mass is 16.4. The predicted octanol–water partition coefficient (Wildman–Crippen LogP) is 1.22. The molecule has 0 aliphatic heterocycles. The molecule has 0 saturated heterocycles. The molecule has 18 heavy (non-hydrogen) atoms. The van der Waals surface area contributed by atoms with Gasteiger partial charge in [0.1, 0.15) is 0 Å². The zero-order valence-electron chi connectivity index (χ0n) is 9.38. The SMILES string of the molecule is O=C(O)C1CC1C(=O)Nc1ccc2nc[nH]c2c1. The predicted molar refractivity (Wildman–Crippen MR) is 64.0 cm³/mol. The lowest BCUT2D eigenvalue weighted by atomic mass is 10.2. The van der Waals surface area contributed by atoms with Crippen molar-refractivity contribution < 1.29 is 14.7 Å². The molecule has 1 aliphatic carbocycles. The van der Waals surface area contributed by atoms with E-state index in [4.69, 9.17) is 5.11 Å². The Labute approximate surface area is 102 Å². The van der Waals surface area contributed by atoms with Crippen LogP contribution < -0.4 is 5.32 Å². The molecular formula is C12H11N3O3. The van der Waals surface area contributed by atoms with E-state index in [1.54, 1.807) is 24.5 Å². The van der Waals surface area contributed by atoms with Gasteiger partial charge in [0, 0.05) is 5.69 Å². The van der Waals surface area contributed by atoms with Gasteiger partial charge in [0.25, 0.3) is 0 Å². The normalized spacial score (nSPS) is 21.8. The van der Waals surface area contributed by atoms with Gasteiger partial charge in [0.05, 0.1) is 29.2 Å². The maximum absolute atomic E-state index is 11.8. The number of aromatic nitrogens is 2. The third-order valence-corrected chi connectivity index (χ3v) is 3.13. The number of rotatable bonds is 3. The van der Waals surface area contributed by atoms with E-state index in [0.29, 0.717) is 12.1 Å². The van der Waals surface area contributed by atoms with E-state index in [1.165, 1.54) is 0 Å². The summed E-state index contributed by atoms with van der Waals surface area (Å²) in [4.78, 5) is 29.5. The lowest BCUT2D eigenvalue weighted by Crippen LogP contribution is -2.16. The maximum Gasteiger partial charge on any atom is 0.307 e. The average Bonchev–Trinajstić information content (AvgIpc) is 3.02. The quantitative estimate of drug-likeness (QED) is 0.757. The van der Waals surface area contributed by atoms with Gasteiger partial charge in [0.2, 0.25) is 5.91 Å². The smallest absolute Gasteiger partial charge is 0.307 e.